The van der Waals surface area contributed by atoms with Crippen LogP contribution >= 0.6 is 21.8 Å². The lowest BCUT2D eigenvalue weighted by molar-refractivity contribution is 0.433. The molecule has 0 saturated heterocycles. The van der Waals surface area contributed by atoms with Crippen molar-refractivity contribution in [2.45, 2.75) is 27.7 Å². The summed E-state index contributed by atoms with van der Waals surface area (Å²) in [7, 11) is -1.77. The highest BCUT2D eigenvalue weighted by atomic mass is 79.9. The van der Waals surface area contributed by atoms with E-state index in [1.807, 2.05) is 39.1 Å². The fourth-order valence-corrected chi connectivity index (χ4v) is 6.41. The zero-order valence-corrected chi connectivity index (χ0v) is 14.9. The lowest BCUT2D eigenvalue weighted by Crippen LogP contribution is -1.97. The van der Waals surface area contributed by atoms with Crippen LogP contribution in [0.4, 0.5) is 0 Å². The van der Waals surface area contributed by atoms with Crippen LogP contribution in [0.15, 0.2) is 22.5 Å². The summed E-state index contributed by atoms with van der Waals surface area (Å²) < 4.78 is 22.1. The Morgan fingerprint density at radius 1 is 1.07 bits per heavy atom. The first-order valence-corrected chi connectivity index (χ1v) is 11.0. The number of rotatable bonds is 6. The molecule has 0 aromatic rings. The minimum absolute atomic E-state index is 0.883. The van der Waals surface area contributed by atoms with E-state index in [0.29, 0.717) is 0 Å². The molecule has 0 N–H and O–H groups in total. The van der Waals surface area contributed by atoms with Crippen LogP contribution in [0.5, 0.6) is 0 Å². The van der Waals surface area contributed by atoms with Crippen molar-refractivity contribution in [3.8, 4) is 0 Å². The third kappa shape index (κ3) is 10.8. The van der Waals surface area contributed by atoms with Gasteiger partial charge in [-0.2, -0.15) is 0 Å². The SMILES string of the molecule is CC(C)=C[SiH2]OP(=O)(Br)O[SiH2]C=C(C)C. The number of hydrogen-bond acceptors (Lipinski definition) is 3. The summed E-state index contributed by atoms with van der Waals surface area (Å²) in [6.45, 7) is 7.98. The largest absolute Gasteiger partial charge is 0.376 e. The summed E-state index contributed by atoms with van der Waals surface area (Å²) >= 11 is 3.00. The predicted molar refractivity (Wildman–Crippen MR) is 74.7 cm³/mol. The van der Waals surface area contributed by atoms with Crippen molar-refractivity contribution in [2.24, 2.45) is 0 Å². The van der Waals surface area contributed by atoms with Crippen molar-refractivity contribution >= 4 is 41.3 Å². The summed E-state index contributed by atoms with van der Waals surface area (Å²) in [6, 6.07) is 0. The third-order valence-electron chi connectivity index (χ3n) is 1.44. The van der Waals surface area contributed by atoms with Gasteiger partial charge in [-0.05, 0) is 27.7 Å². The second-order valence-corrected chi connectivity index (χ2v) is 10.6. The zero-order chi connectivity index (χ0) is 11.9. The van der Waals surface area contributed by atoms with Crippen LogP contribution in [0, 0.1) is 0 Å². The van der Waals surface area contributed by atoms with E-state index in [-0.39, 0.29) is 0 Å². The molecule has 0 spiro atoms. The first-order chi connectivity index (χ1) is 6.83. The van der Waals surface area contributed by atoms with Crippen molar-refractivity contribution in [3.05, 3.63) is 22.5 Å². The van der Waals surface area contributed by atoms with Crippen LogP contribution in [0.1, 0.15) is 27.7 Å². The van der Waals surface area contributed by atoms with Crippen molar-refractivity contribution in [1.82, 2.24) is 0 Å². The molecule has 0 aliphatic rings. The van der Waals surface area contributed by atoms with Crippen molar-refractivity contribution < 1.29 is 13.0 Å². The molecule has 0 aliphatic heterocycles. The quantitative estimate of drug-likeness (QED) is 0.555. The van der Waals surface area contributed by atoms with E-state index in [1.165, 1.54) is 11.1 Å². The Balaban J connectivity index is 3.93. The van der Waals surface area contributed by atoms with Gasteiger partial charge in [0.25, 0.3) is 0 Å². The molecule has 0 heterocycles. The van der Waals surface area contributed by atoms with Gasteiger partial charge in [-0.3, -0.25) is 0 Å². The molecule has 15 heavy (non-hydrogen) atoms. The van der Waals surface area contributed by atoms with Crippen LogP contribution in [-0.4, -0.2) is 19.5 Å². The monoisotopic (exact) mass is 328 g/mol. The maximum atomic E-state index is 11.7. The van der Waals surface area contributed by atoms with Gasteiger partial charge in [0.1, 0.15) is 0 Å². The van der Waals surface area contributed by atoms with Gasteiger partial charge < -0.3 is 8.43 Å². The molecule has 7 heteroatoms. The van der Waals surface area contributed by atoms with E-state index in [0.717, 1.165) is 0 Å². The molecule has 0 aliphatic carbocycles. The van der Waals surface area contributed by atoms with E-state index in [4.69, 9.17) is 8.43 Å². The van der Waals surface area contributed by atoms with Crippen LogP contribution in [0.25, 0.3) is 0 Å². The predicted octanol–water partition coefficient (Wildman–Crippen LogP) is 2.54. The first-order valence-electron chi connectivity index (χ1n) is 4.69. The van der Waals surface area contributed by atoms with E-state index >= 15 is 0 Å². The highest BCUT2D eigenvalue weighted by molar-refractivity contribution is 9.39. The average molecular weight is 329 g/mol. The van der Waals surface area contributed by atoms with E-state index in [2.05, 4.69) is 15.5 Å². The van der Waals surface area contributed by atoms with Crippen LogP contribution in [0.3, 0.4) is 0 Å². The molecule has 0 radical (unpaired) electrons. The minimum atomic E-state index is -2.96. The summed E-state index contributed by atoms with van der Waals surface area (Å²) in [5, 5.41) is 0. The molecule has 0 atom stereocenters. The van der Waals surface area contributed by atoms with Crippen molar-refractivity contribution in [3.63, 3.8) is 0 Å². The van der Waals surface area contributed by atoms with Crippen molar-refractivity contribution in [2.75, 3.05) is 0 Å². The Hall–Kier alpha value is 0.544. The molecule has 0 saturated carbocycles. The summed E-state index contributed by atoms with van der Waals surface area (Å²) in [4.78, 5) is 0. The van der Waals surface area contributed by atoms with Gasteiger partial charge >= 0.3 is 6.30 Å². The smallest absolute Gasteiger partial charge is 0.346 e. The summed E-state index contributed by atoms with van der Waals surface area (Å²) in [6.07, 6.45) is -2.96. The summed E-state index contributed by atoms with van der Waals surface area (Å²) in [5.41, 5.74) is 6.38. The molecule has 0 bridgehead atoms. The molecular formula is C8H18BrO3PSi2. The van der Waals surface area contributed by atoms with Gasteiger partial charge in [0.15, 0.2) is 19.5 Å². The fraction of sp³-hybridized carbons (Fsp3) is 0.500. The molecular weight excluding hydrogens is 311 g/mol. The molecule has 0 fully saturated rings. The Kier molecular flexibility index (Phi) is 8.04. The highest BCUT2D eigenvalue weighted by Crippen LogP contribution is 2.55. The fourth-order valence-electron chi connectivity index (χ4n) is 0.623. The molecule has 0 aromatic heterocycles. The van der Waals surface area contributed by atoms with Crippen LogP contribution in [-0.2, 0) is 13.0 Å². The number of halogens is 1. The van der Waals surface area contributed by atoms with Crippen LogP contribution in [0.2, 0.25) is 0 Å². The Morgan fingerprint density at radius 2 is 1.40 bits per heavy atom. The van der Waals surface area contributed by atoms with Crippen molar-refractivity contribution in [1.29, 1.82) is 0 Å². The lowest BCUT2D eigenvalue weighted by Gasteiger charge is -2.10. The van der Waals surface area contributed by atoms with Gasteiger partial charge in [0.2, 0.25) is 0 Å². The zero-order valence-electron chi connectivity index (χ0n) is 9.62. The van der Waals surface area contributed by atoms with Gasteiger partial charge in [0, 0.05) is 15.5 Å². The normalized spacial score (nSPS) is 15.8. The molecule has 3 nitrogen and oxygen atoms in total. The Morgan fingerprint density at radius 3 is 1.67 bits per heavy atom. The van der Waals surface area contributed by atoms with Gasteiger partial charge in [-0.15, -0.1) is 0 Å². The molecule has 0 amide bonds. The lowest BCUT2D eigenvalue weighted by atomic mass is 10.4. The topological polar surface area (TPSA) is 35.5 Å². The van der Waals surface area contributed by atoms with Gasteiger partial charge in [-0.25, -0.2) is 4.57 Å². The summed E-state index contributed by atoms with van der Waals surface area (Å²) in [5.74, 6) is 0. The number of allylic oxidation sites excluding steroid dienone is 2. The molecule has 0 rings (SSSR count). The minimum Gasteiger partial charge on any atom is -0.346 e. The van der Waals surface area contributed by atoms with E-state index in [1.54, 1.807) is 0 Å². The maximum Gasteiger partial charge on any atom is 0.376 e. The Labute approximate surface area is 104 Å². The highest BCUT2D eigenvalue weighted by Gasteiger charge is 2.17. The molecule has 88 valence electrons. The molecule has 0 aromatic carbocycles. The maximum absolute atomic E-state index is 11.7. The standard InChI is InChI=1S/C8H18BrO3PSi2/c1-7(2)5-14-11-13(9,10)12-15-6-8(3)4/h5-6H,14-15H2,1-4H3. The van der Waals surface area contributed by atoms with E-state index in [9.17, 15) is 4.57 Å². The van der Waals surface area contributed by atoms with Crippen LogP contribution < -0.4 is 0 Å². The first kappa shape index (κ1) is 15.5. The second kappa shape index (κ2) is 7.76. The number of hydrogen-bond donors (Lipinski definition) is 0. The molecule has 0 unspecified atom stereocenters. The third-order valence-corrected chi connectivity index (χ3v) is 10.8. The van der Waals surface area contributed by atoms with Gasteiger partial charge in [-0.1, -0.05) is 22.5 Å². The average Bonchev–Trinajstić information content (AvgIpc) is 2.01. The van der Waals surface area contributed by atoms with Gasteiger partial charge in [0.05, 0.1) is 0 Å². The second-order valence-electron chi connectivity index (χ2n) is 3.59. The van der Waals surface area contributed by atoms with E-state index < -0.39 is 25.8 Å². The Bertz CT molecular complexity index is 270.